The largest absolute Gasteiger partial charge is 0.508 e. The quantitative estimate of drug-likeness (QED) is 0.365. The van der Waals surface area contributed by atoms with Gasteiger partial charge in [0.05, 0.1) is 11.1 Å². The van der Waals surface area contributed by atoms with E-state index in [0.717, 1.165) is 51.7 Å². The summed E-state index contributed by atoms with van der Waals surface area (Å²) < 4.78 is 6.52. The lowest BCUT2D eigenvalue weighted by Crippen LogP contribution is -2.52. The second kappa shape index (κ2) is 9.32. The number of rotatable bonds is 5. The van der Waals surface area contributed by atoms with Crippen molar-refractivity contribution in [2.45, 2.75) is 56.1 Å². The molecule has 5 heterocycles. The molecule has 7 nitrogen and oxygen atoms in total. The average Bonchev–Trinajstić information content (AvgIpc) is 3.59. The molecule has 8 rings (SSSR count). The molecule has 0 aliphatic carbocycles. The van der Waals surface area contributed by atoms with Crippen LogP contribution < -0.4 is 9.64 Å². The molecular weight excluding hydrogens is 498 g/mol. The lowest BCUT2D eigenvalue weighted by molar-refractivity contribution is 0.108. The molecule has 0 spiro atoms. The van der Waals surface area contributed by atoms with Gasteiger partial charge in [-0.3, -0.25) is 9.80 Å². The predicted molar refractivity (Wildman–Crippen MR) is 159 cm³/mol. The molecule has 4 aromatic rings. The number of anilines is 1. The molecule has 4 aliphatic rings. The highest BCUT2D eigenvalue weighted by atomic mass is 16.5. The summed E-state index contributed by atoms with van der Waals surface area (Å²) in [6, 6.07) is 20.0. The second-order valence-corrected chi connectivity index (χ2v) is 12.4. The number of hydrogen-bond donors (Lipinski definition) is 1. The first kappa shape index (κ1) is 24.4. The number of phenolic OH excluding ortho intramolecular Hbond substituents is 1. The number of piperazine rings is 1. The number of aromatic nitrogens is 2. The van der Waals surface area contributed by atoms with Crippen molar-refractivity contribution in [1.29, 1.82) is 0 Å². The van der Waals surface area contributed by atoms with Crippen molar-refractivity contribution in [2.75, 3.05) is 44.7 Å². The highest BCUT2D eigenvalue weighted by molar-refractivity contribution is 6.00. The Balaban J connectivity index is 1.22. The number of nitrogens with zero attached hydrogens (tertiary/aromatic N) is 5. The summed E-state index contributed by atoms with van der Waals surface area (Å²) in [6.07, 6.45) is 7.39. The number of likely N-dealkylation sites (N-methyl/N-ethyl adjacent to an activating group) is 1. The van der Waals surface area contributed by atoms with Crippen LogP contribution in [0.1, 0.15) is 38.5 Å². The topological polar surface area (TPSA) is 65.0 Å². The maximum absolute atomic E-state index is 10.5. The molecule has 206 valence electrons. The third-order valence-electron chi connectivity index (χ3n) is 10.2. The minimum absolute atomic E-state index is 0.147. The van der Waals surface area contributed by atoms with E-state index in [0.29, 0.717) is 24.7 Å². The minimum Gasteiger partial charge on any atom is -0.508 e. The predicted octanol–water partition coefficient (Wildman–Crippen LogP) is 5.45. The van der Waals surface area contributed by atoms with Gasteiger partial charge in [-0.05, 0) is 105 Å². The van der Waals surface area contributed by atoms with E-state index in [1.165, 1.54) is 51.6 Å². The van der Waals surface area contributed by atoms with Crippen molar-refractivity contribution in [3.63, 3.8) is 0 Å². The van der Waals surface area contributed by atoms with Crippen LogP contribution >= 0.6 is 0 Å². The second-order valence-electron chi connectivity index (χ2n) is 12.4. The molecule has 0 unspecified atom stereocenters. The van der Waals surface area contributed by atoms with E-state index in [-0.39, 0.29) is 11.3 Å². The average molecular weight is 536 g/mol. The van der Waals surface area contributed by atoms with Gasteiger partial charge in [0, 0.05) is 30.6 Å². The van der Waals surface area contributed by atoms with E-state index >= 15 is 0 Å². The molecule has 7 heteroatoms. The summed E-state index contributed by atoms with van der Waals surface area (Å²) in [5.41, 5.74) is 3.07. The summed E-state index contributed by atoms with van der Waals surface area (Å²) in [6.45, 7) is 4.98. The van der Waals surface area contributed by atoms with Crippen molar-refractivity contribution >= 4 is 27.5 Å². The van der Waals surface area contributed by atoms with Crippen molar-refractivity contribution < 1.29 is 9.84 Å². The Labute approximate surface area is 235 Å². The SMILES string of the molecule is CN1[C@@H]2CC[C@H]1CN(c1nc(OCC34CCCN3CCC4)nc3cc(-c4cc(O)cc5ccccc45)ccc13)C2. The number of ether oxygens (including phenoxy) is 1. The van der Waals surface area contributed by atoms with E-state index in [1.54, 1.807) is 0 Å². The van der Waals surface area contributed by atoms with Gasteiger partial charge in [-0.25, -0.2) is 0 Å². The van der Waals surface area contributed by atoms with E-state index in [4.69, 9.17) is 14.7 Å². The Bertz CT molecular complexity index is 1580. The van der Waals surface area contributed by atoms with Gasteiger partial charge in [0.25, 0.3) is 0 Å². The van der Waals surface area contributed by atoms with Crippen molar-refractivity contribution in [1.82, 2.24) is 19.8 Å². The van der Waals surface area contributed by atoms with Crippen LogP contribution in [0.2, 0.25) is 0 Å². The summed E-state index contributed by atoms with van der Waals surface area (Å²) in [5.74, 6) is 1.26. The Morgan fingerprint density at radius 2 is 1.70 bits per heavy atom. The summed E-state index contributed by atoms with van der Waals surface area (Å²) in [4.78, 5) is 17.8. The smallest absolute Gasteiger partial charge is 0.319 e. The first-order valence-corrected chi connectivity index (χ1v) is 15.0. The van der Waals surface area contributed by atoms with E-state index in [1.807, 2.05) is 30.3 Å². The first-order valence-electron chi connectivity index (χ1n) is 15.0. The zero-order chi connectivity index (χ0) is 26.8. The molecule has 1 aromatic heterocycles. The number of hydrogen-bond acceptors (Lipinski definition) is 7. The van der Waals surface area contributed by atoms with Gasteiger partial charge in [-0.15, -0.1) is 0 Å². The van der Waals surface area contributed by atoms with Crippen LogP contribution in [0.3, 0.4) is 0 Å². The third kappa shape index (κ3) is 3.93. The molecular formula is C33H37N5O2. The molecule has 2 atom stereocenters. The zero-order valence-corrected chi connectivity index (χ0v) is 23.2. The molecule has 0 amide bonds. The lowest BCUT2D eigenvalue weighted by atomic mass is 9.95. The van der Waals surface area contributed by atoms with Crippen molar-refractivity contribution in [3.8, 4) is 22.9 Å². The monoisotopic (exact) mass is 535 g/mol. The Kier molecular flexibility index (Phi) is 5.68. The molecule has 3 aromatic carbocycles. The summed E-state index contributed by atoms with van der Waals surface area (Å²) >= 11 is 0. The van der Waals surface area contributed by atoms with Crippen LogP contribution in [0.25, 0.3) is 32.8 Å². The van der Waals surface area contributed by atoms with Crippen LogP contribution in [0.4, 0.5) is 5.82 Å². The standard InChI is InChI=1S/C33H37N5O2/c1-36-24-9-10-25(36)20-37(19-24)31-28-11-8-23(29-18-26(39)16-22-6-2-3-7-27(22)29)17-30(28)34-32(35-31)40-21-33-12-4-14-38(33)15-5-13-33/h2-3,6-8,11,16-18,24-25,39H,4-5,9-10,12-15,19-21H2,1H3/t24-,25+. The summed E-state index contributed by atoms with van der Waals surface area (Å²) in [7, 11) is 2.27. The Morgan fingerprint density at radius 3 is 2.50 bits per heavy atom. The molecule has 2 bridgehead atoms. The van der Waals surface area contributed by atoms with Gasteiger partial charge in [-0.1, -0.05) is 30.3 Å². The van der Waals surface area contributed by atoms with Crippen LogP contribution in [0.5, 0.6) is 11.8 Å². The Morgan fingerprint density at radius 1 is 0.925 bits per heavy atom. The number of aromatic hydroxyl groups is 1. The molecule has 0 saturated carbocycles. The minimum atomic E-state index is 0.147. The molecule has 0 radical (unpaired) electrons. The van der Waals surface area contributed by atoms with Gasteiger partial charge < -0.3 is 14.7 Å². The van der Waals surface area contributed by atoms with Crippen molar-refractivity contribution in [2.24, 2.45) is 0 Å². The fourth-order valence-electron chi connectivity index (χ4n) is 8.05. The fraction of sp³-hybridized carbons (Fsp3) is 0.455. The highest BCUT2D eigenvalue weighted by Crippen LogP contribution is 2.40. The van der Waals surface area contributed by atoms with Crippen LogP contribution in [0, 0.1) is 0 Å². The number of fused-ring (bicyclic) bond motifs is 5. The lowest BCUT2D eigenvalue weighted by Gasteiger charge is -2.40. The number of benzene rings is 3. The molecule has 1 N–H and O–H groups in total. The maximum atomic E-state index is 10.5. The molecule has 4 saturated heterocycles. The molecule has 40 heavy (non-hydrogen) atoms. The van der Waals surface area contributed by atoms with E-state index in [9.17, 15) is 5.11 Å². The highest BCUT2D eigenvalue weighted by Gasteiger charge is 2.45. The molecule has 4 aliphatic heterocycles. The van der Waals surface area contributed by atoms with Gasteiger partial charge in [-0.2, -0.15) is 9.97 Å². The van der Waals surface area contributed by atoms with Crippen LogP contribution in [-0.4, -0.2) is 82.3 Å². The van der Waals surface area contributed by atoms with Gasteiger partial charge in [0.1, 0.15) is 18.2 Å². The van der Waals surface area contributed by atoms with Crippen molar-refractivity contribution in [3.05, 3.63) is 54.6 Å². The summed E-state index contributed by atoms with van der Waals surface area (Å²) in [5, 5.41) is 13.7. The van der Waals surface area contributed by atoms with Gasteiger partial charge >= 0.3 is 6.01 Å². The van der Waals surface area contributed by atoms with Gasteiger partial charge in [0.15, 0.2) is 0 Å². The molecule has 4 fully saturated rings. The van der Waals surface area contributed by atoms with Crippen LogP contribution in [-0.2, 0) is 0 Å². The first-order chi connectivity index (χ1) is 19.6. The van der Waals surface area contributed by atoms with Crippen LogP contribution in [0.15, 0.2) is 54.6 Å². The van der Waals surface area contributed by atoms with E-state index in [2.05, 4.69) is 46.0 Å². The third-order valence-corrected chi connectivity index (χ3v) is 10.2. The van der Waals surface area contributed by atoms with Gasteiger partial charge in [0.2, 0.25) is 0 Å². The zero-order valence-electron chi connectivity index (χ0n) is 23.2. The Hall–Kier alpha value is -3.42. The van der Waals surface area contributed by atoms with E-state index < -0.39 is 0 Å². The maximum Gasteiger partial charge on any atom is 0.319 e. The number of phenols is 1. The fourth-order valence-corrected chi connectivity index (χ4v) is 8.05. The normalized spacial score (nSPS) is 24.3.